The minimum atomic E-state index is -0.781. The minimum absolute atomic E-state index is 0.540. The molecule has 0 aromatic heterocycles. The molecule has 1 amide bonds. The lowest BCUT2D eigenvalue weighted by Crippen LogP contribution is -2.50. The van der Waals surface area contributed by atoms with Crippen LogP contribution in [0.5, 0.6) is 0 Å². The van der Waals surface area contributed by atoms with E-state index in [0.29, 0.717) is 13.1 Å². The number of amides is 1. The molecule has 0 aliphatic carbocycles. The molecule has 19 heavy (non-hydrogen) atoms. The molecule has 1 aliphatic heterocycles. The van der Waals surface area contributed by atoms with E-state index in [0.717, 1.165) is 19.6 Å². The summed E-state index contributed by atoms with van der Waals surface area (Å²) < 4.78 is 4.44. The summed E-state index contributed by atoms with van der Waals surface area (Å²) in [5.41, 5.74) is 1.26. The largest absolute Gasteiger partial charge is 0.462 e. The Morgan fingerprint density at radius 2 is 1.74 bits per heavy atom. The molecule has 5 nitrogen and oxygen atoms in total. The SMILES string of the molecule is COC(=O)C(=O)N1CCN(Cc2ccccc2)CC1. The molecule has 102 valence electrons. The van der Waals surface area contributed by atoms with Gasteiger partial charge in [-0.15, -0.1) is 0 Å². The molecule has 1 heterocycles. The number of hydrogen-bond donors (Lipinski definition) is 0. The maximum absolute atomic E-state index is 11.6. The van der Waals surface area contributed by atoms with Crippen LogP contribution in [0.15, 0.2) is 30.3 Å². The van der Waals surface area contributed by atoms with Gasteiger partial charge in [0.15, 0.2) is 0 Å². The summed E-state index contributed by atoms with van der Waals surface area (Å²) in [6.45, 7) is 3.57. The van der Waals surface area contributed by atoms with Crippen LogP contribution in [0.1, 0.15) is 5.56 Å². The van der Waals surface area contributed by atoms with E-state index in [1.807, 2.05) is 18.2 Å². The van der Waals surface area contributed by atoms with Gasteiger partial charge in [0, 0.05) is 32.7 Å². The Bertz CT molecular complexity index is 439. The van der Waals surface area contributed by atoms with E-state index in [4.69, 9.17) is 0 Å². The van der Waals surface area contributed by atoms with Crippen molar-refractivity contribution in [3.63, 3.8) is 0 Å². The fourth-order valence-electron chi connectivity index (χ4n) is 2.17. The number of piperazine rings is 1. The molecule has 0 spiro atoms. The molecular formula is C14H18N2O3. The van der Waals surface area contributed by atoms with Crippen LogP contribution in [0, 0.1) is 0 Å². The summed E-state index contributed by atoms with van der Waals surface area (Å²) in [6, 6.07) is 10.2. The molecule has 0 bridgehead atoms. The Morgan fingerprint density at radius 1 is 1.11 bits per heavy atom. The number of rotatable bonds is 2. The highest BCUT2D eigenvalue weighted by atomic mass is 16.5. The van der Waals surface area contributed by atoms with Gasteiger partial charge in [0.1, 0.15) is 0 Å². The lowest BCUT2D eigenvalue weighted by atomic mass is 10.2. The van der Waals surface area contributed by atoms with E-state index in [-0.39, 0.29) is 0 Å². The van der Waals surface area contributed by atoms with Gasteiger partial charge in [0.2, 0.25) is 0 Å². The Morgan fingerprint density at radius 3 is 2.32 bits per heavy atom. The Balaban J connectivity index is 1.83. The predicted octanol–water partition coefficient (Wildman–Crippen LogP) is 0.504. The van der Waals surface area contributed by atoms with E-state index in [1.54, 1.807) is 4.90 Å². The van der Waals surface area contributed by atoms with Crippen LogP contribution in [-0.2, 0) is 20.9 Å². The number of ether oxygens (including phenoxy) is 1. The Kier molecular flexibility index (Phi) is 4.52. The summed E-state index contributed by atoms with van der Waals surface area (Å²) in [4.78, 5) is 26.6. The number of carbonyl (C=O) groups excluding carboxylic acids is 2. The van der Waals surface area contributed by atoms with Gasteiger partial charge >= 0.3 is 11.9 Å². The van der Waals surface area contributed by atoms with Crippen molar-refractivity contribution in [3.8, 4) is 0 Å². The number of carbonyl (C=O) groups is 2. The number of methoxy groups -OCH3 is 1. The van der Waals surface area contributed by atoms with E-state index >= 15 is 0 Å². The summed E-state index contributed by atoms with van der Waals surface area (Å²) in [6.07, 6.45) is 0. The summed E-state index contributed by atoms with van der Waals surface area (Å²) in [5.74, 6) is -1.32. The minimum Gasteiger partial charge on any atom is -0.462 e. The first-order valence-corrected chi connectivity index (χ1v) is 6.34. The van der Waals surface area contributed by atoms with Crippen molar-refractivity contribution in [2.24, 2.45) is 0 Å². The highest BCUT2D eigenvalue weighted by Gasteiger charge is 2.26. The second-order valence-corrected chi connectivity index (χ2v) is 4.55. The molecule has 0 saturated carbocycles. The van der Waals surface area contributed by atoms with Crippen molar-refractivity contribution in [2.75, 3.05) is 33.3 Å². The van der Waals surface area contributed by atoms with Crippen molar-refractivity contribution in [1.29, 1.82) is 0 Å². The molecule has 1 saturated heterocycles. The van der Waals surface area contributed by atoms with Crippen LogP contribution in [0.2, 0.25) is 0 Å². The third-order valence-electron chi connectivity index (χ3n) is 3.27. The van der Waals surface area contributed by atoms with E-state index < -0.39 is 11.9 Å². The predicted molar refractivity (Wildman–Crippen MR) is 70.3 cm³/mol. The van der Waals surface area contributed by atoms with Crippen molar-refractivity contribution in [2.45, 2.75) is 6.54 Å². The first kappa shape index (κ1) is 13.5. The van der Waals surface area contributed by atoms with E-state index in [9.17, 15) is 9.59 Å². The van der Waals surface area contributed by atoms with Gasteiger partial charge < -0.3 is 9.64 Å². The lowest BCUT2D eigenvalue weighted by Gasteiger charge is -2.34. The highest BCUT2D eigenvalue weighted by molar-refractivity contribution is 6.32. The zero-order valence-electron chi connectivity index (χ0n) is 11.0. The van der Waals surface area contributed by atoms with Crippen LogP contribution in [-0.4, -0.2) is 55.0 Å². The van der Waals surface area contributed by atoms with Crippen molar-refractivity contribution < 1.29 is 14.3 Å². The van der Waals surface area contributed by atoms with E-state index in [2.05, 4.69) is 21.8 Å². The van der Waals surface area contributed by atoms with Crippen molar-refractivity contribution >= 4 is 11.9 Å². The Hall–Kier alpha value is -1.88. The van der Waals surface area contributed by atoms with Gasteiger partial charge in [-0.2, -0.15) is 0 Å². The van der Waals surface area contributed by atoms with Crippen molar-refractivity contribution in [1.82, 2.24) is 9.80 Å². The maximum atomic E-state index is 11.6. The molecule has 1 aliphatic rings. The van der Waals surface area contributed by atoms with Crippen molar-refractivity contribution in [3.05, 3.63) is 35.9 Å². The van der Waals surface area contributed by atoms with Gasteiger partial charge in [-0.25, -0.2) is 4.79 Å². The second-order valence-electron chi connectivity index (χ2n) is 4.55. The van der Waals surface area contributed by atoms with Crippen LogP contribution < -0.4 is 0 Å². The first-order valence-electron chi connectivity index (χ1n) is 6.34. The average Bonchev–Trinajstić information content (AvgIpc) is 2.47. The molecule has 0 N–H and O–H groups in total. The molecule has 1 aromatic carbocycles. The smallest absolute Gasteiger partial charge is 0.396 e. The van der Waals surface area contributed by atoms with Crippen LogP contribution in [0.3, 0.4) is 0 Å². The molecule has 2 rings (SSSR count). The fourth-order valence-corrected chi connectivity index (χ4v) is 2.17. The number of esters is 1. The molecule has 0 atom stereocenters. The summed E-state index contributed by atoms with van der Waals surface area (Å²) in [5, 5.41) is 0. The number of hydrogen-bond acceptors (Lipinski definition) is 4. The first-order chi connectivity index (χ1) is 9.20. The van der Waals surface area contributed by atoms with Gasteiger partial charge in [0.25, 0.3) is 0 Å². The zero-order chi connectivity index (χ0) is 13.7. The molecule has 0 radical (unpaired) electrons. The van der Waals surface area contributed by atoms with E-state index in [1.165, 1.54) is 12.7 Å². The molecule has 1 fully saturated rings. The standard InChI is InChI=1S/C14H18N2O3/c1-19-14(18)13(17)16-9-7-15(8-10-16)11-12-5-3-2-4-6-12/h2-6H,7-11H2,1H3. The number of benzene rings is 1. The fraction of sp³-hybridized carbons (Fsp3) is 0.429. The van der Waals surface area contributed by atoms with Crippen LogP contribution in [0.25, 0.3) is 0 Å². The maximum Gasteiger partial charge on any atom is 0.396 e. The van der Waals surface area contributed by atoms with Gasteiger partial charge in [-0.1, -0.05) is 30.3 Å². The topological polar surface area (TPSA) is 49.9 Å². The zero-order valence-corrected chi connectivity index (χ0v) is 11.0. The number of nitrogens with zero attached hydrogens (tertiary/aromatic N) is 2. The van der Waals surface area contributed by atoms with Crippen LogP contribution >= 0.6 is 0 Å². The third-order valence-corrected chi connectivity index (χ3v) is 3.27. The van der Waals surface area contributed by atoms with Gasteiger partial charge in [0.05, 0.1) is 7.11 Å². The summed E-state index contributed by atoms with van der Waals surface area (Å²) >= 11 is 0. The van der Waals surface area contributed by atoms with Gasteiger partial charge in [-0.05, 0) is 5.56 Å². The third kappa shape index (κ3) is 3.54. The molecular weight excluding hydrogens is 244 g/mol. The second kappa shape index (κ2) is 6.33. The lowest BCUT2D eigenvalue weighted by molar-refractivity contribution is -0.159. The molecule has 0 unspecified atom stereocenters. The quantitative estimate of drug-likeness (QED) is 0.575. The van der Waals surface area contributed by atoms with Gasteiger partial charge in [-0.3, -0.25) is 9.69 Å². The van der Waals surface area contributed by atoms with Crippen LogP contribution in [0.4, 0.5) is 0 Å². The molecule has 5 heteroatoms. The highest BCUT2D eigenvalue weighted by Crippen LogP contribution is 2.08. The Labute approximate surface area is 112 Å². The monoisotopic (exact) mass is 262 g/mol. The average molecular weight is 262 g/mol. The summed E-state index contributed by atoms with van der Waals surface area (Å²) in [7, 11) is 1.23. The normalized spacial score (nSPS) is 16.2. The molecule has 1 aromatic rings.